The van der Waals surface area contributed by atoms with E-state index in [1.165, 1.54) is 11.0 Å². The molecule has 3 rings (SSSR count). The van der Waals surface area contributed by atoms with Crippen molar-refractivity contribution in [1.29, 1.82) is 0 Å². The number of thioether (sulfide) groups is 1. The Kier molecular flexibility index (Phi) is 7.27. The molecule has 148 valence electrons. The Morgan fingerprint density at radius 3 is 2.64 bits per heavy atom. The Hall–Kier alpha value is -2.58. The maximum atomic E-state index is 12.5. The quantitative estimate of drug-likeness (QED) is 0.314. The van der Waals surface area contributed by atoms with Crippen LogP contribution in [0.25, 0.3) is 0 Å². The second-order valence-corrected chi connectivity index (χ2v) is 7.50. The van der Waals surface area contributed by atoms with Crippen LogP contribution in [0.5, 0.6) is 0 Å². The average Bonchev–Trinajstić information content (AvgIpc) is 2.74. The van der Waals surface area contributed by atoms with Gasteiger partial charge in [-0.3, -0.25) is 14.9 Å². The molecule has 0 unspecified atom stereocenters. The fraction of sp³-hybridized carbons (Fsp3) is 0.350. The second-order valence-electron chi connectivity index (χ2n) is 6.34. The molecule has 1 fully saturated rings. The smallest absolute Gasteiger partial charge is 0.293 e. The molecule has 1 heterocycles. The van der Waals surface area contributed by atoms with Crippen LogP contribution in [0.3, 0.4) is 0 Å². The highest BCUT2D eigenvalue weighted by molar-refractivity contribution is 7.99. The van der Waals surface area contributed by atoms with Gasteiger partial charge in [0.15, 0.2) is 0 Å². The van der Waals surface area contributed by atoms with Gasteiger partial charge in [-0.1, -0.05) is 18.2 Å². The zero-order valence-electron chi connectivity index (χ0n) is 15.5. The van der Waals surface area contributed by atoms with Crippen molar-refractivity contribution in [2.45, 2.75) is 11.3 Å². The van der Waals surface area contributed by atoms with Crippen LogP contribution in [0, 0.1) is 10.1 Å². The van der Waals surface area contributed by atoms with Gasteiger partial charge >= 0.3 is 0 Å². The molecule has 1 aliphatic rings. The fourth-order valence-corrected chi connectivity index (χ4v) is 3.79. The van der Waals surface area contributed by atoms with E-state index in [1.807, 2.05) is 18.2 Å². The summed E-state index contributed by atoms with van der Waals surface area (Å²) in [6.45, 7) is 2.62. The number of anilines is 1. The third-order valence-electron chi connectivity index (χ3n) is 4.39. The maximum Gasteiger partial charge on any atom is 0.293 e. The van der Waals surface area contributed by atoms with Gasteiger partial charge in [0, 0.05) is 36.2 Å². The molecule has 8 heteroatoms. The molecule has 1 N–H and O–H groups in total. The highest BCUT2D eigenvalue weighted by Crippen LogP contribution is 2.27. The van der Waals surface area contributed by atoms with Gasteiger partial charge in [0.25, 0.3) is 11.6 Å². The number of hydrogen-bond acceptors (Lipinski definition) is 6. The van der Waals surface area contributed by atoms with Crippen LogP contribution in [-0.4, -0.2) is 54.3 Å². The van der Waals surface area contributed by atoms with E-state index < -0.39 is 4.92 Å². The number of hydrogen-bond donors (Lipinski definition) is 1. The van der Waals surface area contributed by atoms with Crippen LogP contribution in [-0.2, 0) is 4.74 Å². The molecule has 1 amide bonds. The molecule has 0 atom stereocenters. The van der Waals surface area contributed by atoms with Crippen molar-refractivity contribution >= 4 is 29.0 Å². The molecule has 2 aromatic carbocycles. The number of carbonyl (C=O) groups is 1. The van der Waals surface area contributed by atoms with Crippen molar-refractivity contribution in [3.8, 4) is 0 Å². The zero-order chi connectivity index (χ0) is 19.8. The predicted molar refractivity (Wildman–Crippen MR) is 110 cm³/mol. The second kappa shape index (κ2) is 10.1. The largest absolute Gasteiger partial charge is 0.379 e. The minimum Gasteiger partial charge on any atom is -0.379 e. The summed E-state index contributed by atoms with van der Waals surface area (Å²) in [4.78, 5) is 26.4. The molecule has 0 aromatic heterocycles. The SMILES string of the molecule is O=C(c1ccc(NCCCSc2ccccc2)c([N+](=O)[O-])c1)N1CCOCC1. The van der Waals surface area contributed by atoms with Crippen LogP contribution >= 0.6 is 11.8 Å². The van der Waals surface area contributed by atoms with Gasteiger partial charge in [0.1, 0.15) is 5.69 Å². The lowest BCUT2D eigenvalue weighted by molar-refractivity contribution is -0.384. The Bertz CT molecular complexity index is 810. The summed E-state index contributed by atoms with van der Waals surface area (Å²) in [7, 11) is 0. The van der Waals surface area contributed by atoms with Crippen LogP contribution in [0.1, 0.15) is 16.8 Å². The van der Waals surface area contributed by atoms with Crippen LogP contribution in [0.2, 0.25) is 0 Å². The Labute approximate surface area is 168 Å². The molecule has 2 aromatic rings. The van der Waals surface area contributed by atoms with E-state index in [4.69, 9.17) is 4.74 Å². The lowest BCUT2D eigenvalue weighted by atomic mass is 10.1. The summed E-state index contributed by atoms with van der Waals surface area (Å²) in [5.74, 6) is 0.718. The van der Waals surface area contributed by atoms with Gasteiger partial charge in [-0.2, -0.15) is 0 Å². The van der Waals surface area contributed by atoms with Gasteiger partial charge in [-0.25, -0.2) is 0 Å². The summed E-state index contributed by atoms with van der Waals surface area (Å²) in [5, 5.41) is 14.6. The van der Waals surface area contributed by atoms with E-state index in [1.54, 1.807) is 28.8 Å². The van der Waals surface area contributed by atoms with E-state index in [9.17, 15) is 14.9 Å². The average molecular weight is 401 g/mol. The number of amides is 1. The minimum absolute atomic E-state index is 0.0742. The monoisotopic (exact) mass is 401 g/mol. The number of nitro groups is 1. The first-order valence-corrected chi connectivity index (χ1v) is 10.2. The number of ether oxygens (including phenoxy) is 1. The van der Waals surface area contributed by atoms with E-state index in [0.29, 0.717) is 44.1 Å². The molecule has 0 bridgehead atoms. The molecular formula is C20H23N3O4S. The molecule has 0 radical (unpaired) electrons. The molecular weight excluding hydrogens is 378 g/mol. The summed E-state index contributed by atoms with van der Waals surface area (Å²) in [6, 6.07) is 14.7. The number of benzene rings is 2. The molecule has 0 spiro atoms. The highest BCUT2D eigenvalue weighted by atomic mass is 32.2. The van der Waals surface area contributed by atoms with Crippen LogP contribution in [0.15, 0.2) is 53.4 Å². The Morgan fingerprint density at radius 1 is 1.18 bits per heavy atom. The molecule has 0 saturated carbocycles. The van der Waals surface area contributed by atoms with Crippen molar-refractivity contribution in [2.75, 3.05) is 43.9 Å². The third kappa shape index (κ3) is 5.46. The van der Waals surface area contributed by atoms with Crippen molar-refractivity contribution in [3.63, 3.8) is 0 Å². The Balaban J connectivity index is 1.56. The van der Waals surface area contributed by atoms with Crippen molar-refractivity contribution in [1.82, 2.24) is 4.90 Å². The highest BCUT2D eigenvalue weighted by Gasteiger charge is 2.22. The van der Waals surface area contributed by atoms with Gasteiger partial charge in [-0.15, -0.1) is 11.8 Å². The molecule has 1 aliphatic heterocycles. The summed E-state index contributed by atoms with van der Waals surface area (Å²) >= 11 is 1.75. The van der Waals surface area contributed by atoms with E-state index in [2.05, 4.69) is 17.4 Å². The summed E-state index contributed by atoms with van der Waals surface area (Å²) < 4.78 is 5.25. The summed E-state index contributed by atoms with van der Waals surface area (Å²) in [6.07, 6.45) is 0.866. The number of nitrogens with zero attached hydrogens (tertiary/aromatic N) is 2. The first kappa shape index (κ1) is 20.2. The number of morpholine rings is 1. The third-order valence-corrected chi connectivity index (χ3v) is 5.49. The molecule has 0 aliphatic carbocycles. The van der Waals surface area contributed by atoms with Crippen LogP contribution < -0.4 is 5.32 Å². The first-order chi connectivity index (χ1) is 13.6. The van der Waals surface area contributed by atoms with Gasteiger partial charge in [0.05, 0.1) is 18.1 Å². The number of nitrogens with one attached hydrogen (secondary N) is 1. The summed E-state index contributed by atoms with van der Waals surface area (Å²) in [5.41, 5.74) is 0.696. The molecule has 28 heavy (non-hydrogen) atoms. The standard InChI is InChI=1S/C20H23N3O4S/c24-20(22-10-12-27-13-11-22)16-7-8-18(19(15-16)23(25)26)21-9-4-14-28-17-5-2-1-3-6-17/h1-3,5-8,15,21H,4,9-14H2. The topological polar surface area (TPSA) is 84.7 Å². The fourth-order valence-electron chi connectivity index (χ4n) is 2.92. The van der Waals surface area contributed by atoms with Crippen molar-refractivity contribution in [3.05, 3.63) is 64.2 Å². The van der Waals surface area contributed by atoms with Gasteiger partial charge in [-0.05, 0) is 36.4 Å². The maximum absolute atomic E-state index is 12.5. The minimum atomic E-state index is -0.447. The zero-order valence-corrected chi connectivity index (χ0v) is 16.3. The molecule has 7 nitrogen and oxygen atoms in total. The lowest BCUT2D eigenvalue weighted by Crippen LogP contribution is -2.40. The normalized spacial score (nSPS) is 13.9. The Morgan fingerprint density at radius 2 is 1.93 bits per heavy atom. The van der Waals surface area contributed by atoms with Crippen LogP contribution in [0.4, 0.5) is 11.4 Å². The van der Waals surface area contributed by atoms with Gasteiger partial charge in [0.2, 0.25) is 0 Å². The van der Waals surface area contributed by atoms with Crippen molar-refractivity contribution in [2.24, 2.45) is 0 Å². The number of nitro benzene ring substituents is 1. The van der Waals surface area contributed by atoms with Gasteiger partial charge < -0.3 is 15.0 Å². The molecule has 1 saturated heterocycles. The first-order valence-electron chi connectivity index (χ1n) is 9.22. The van der Waals surface area contributed by atoms with E-state index in [-0.39, 0.29) is 11.6 Å². The van der Waals surface area contributed by atoms with E-state index >= 15 is 0 Å². The van der Waals surface area contributed by atoms with E-state index in [0.717, 1.165) is 12.2 Å². The lowest BCUT2D eigenvalue weighted by Gasteiger charge is -2.26. The number of rotatable bonds is 8. The number of carbonyl (C=O) groups excluding carboxylic acids is 1. The van der Waals surface area contributed by atoms with Crippen molar-refractivity contribution < 1.29 is 14.5 Å². The predicted octanol–water partition coefficient (Wildman–Crippen LogP) is 3.66.